The van der Waals surface area contributed by atoms with Gasteiger partial charge in [0.05, 0.1) is 11.9 Å². The number of hydrogen-bond acceptors (Lipinski definition) is 1. The summed E-state index contributed by atoms with van der Waals surface area (Å²) in [6.07, 6.45) is 2.80. The van der Waals surface area contributed by atoms with Crippen LogP contribution in [0.15, 0.2) is 30.5 Å². The van der Waals surface area contributed by atoms with Gasteiger partial charge in [-0.1, -0.05) is 31.2 Å². The predicted molar refractivity (Wildman–Crippen MR) is 58.4 cm³/mol. The first-order valence-corrected chi connectivity index (χ1v) is 4.97. The number of aromatic nitrogens is 2. The van der Waals surface area contributed by atoms with Gasteiger partial charge in [-0.3, -0.25) is 0 Å². The highest BCUT2D eigenvalue weighted by molar-refractivity contribution is 6.28. The summed E-state index contributed by atoms with van der Waals surface area (Å²) >= 11 is 5.70. The van der Waals surface area contributed by atoms with Crippen molar-refractivity contribution in [2.45, 2.75) is 13.3 Å². The number of benzene rings is 1. The van der Waals surface area contributed by atoms with Gasteiger partial charge in [0.1, 0.15) is 0 Å². The SMILES string of the molecule is CCc1ccc(-c2cnc(Cl)[nH]2)cc1. The fourth-order valence-corrected chi connectivity index (χ4v) is 1.51. The van der Waals surface area contributed by atoms with Crippen molar-refractivity contribution in [3.63, 3.8) is 0 Å². The molecular weight excluding hydrogens is 196 g/mol. The van der Waals surface area contributed by atoms with Crippen molar-refractivity contribution >= 4 is 11.6 Å². The van der Waals surface area contributed by atoms with Crippen molar-refractivity contribution in [1.29, 1.82) is 0 Å². The molecule has 14 heavy (non-hydrogen) atoms. The Hall–Kier alpha value is -1.28. The Balaban J connectivity index is 2.33. The van der Waals surface area contributed by atoms with E-state index >= 15 is 0 Å². The topological polar surface area (TPSA) is 28.7 Å². The molecule has 0 amide bonds. The van der Waals surface area contributed by atoms with E-state index in [1.165, 1.54) is 5.56 Å². The van der Waals surface area contributed by atoms with Crippen LogP contribution < -0.4 is 0 Å². The number of aryl methyl sites for hydroxylation is 1. The third kappa shape index (κ3) is 1.80. The Bertz CT molecular complexity index is 417. The molecule has 0 saturated carbocycles. The highest BCUT2D eigenvalue weighted by Gasteiger charge is 2.00. The number of hydrogen-bond donors (Lipinski definition) is 1. The number of nitrogens with one attached hydrogen (secondary N) is 1. The normalized spacial score (nSPS) is 10.4. The average Bonchev–Trinajstić information content (AvgIpc) is 2.65. The van der Waals surface area contributed by atoms with Gasteiger partial charge in [0.2, 0.25) is 0 Å². The van der Waals surface area contributed by atoms with Gasteiger partial charge in [-0.05, 0) is 29.1 Å². The minimum absolute atomic E-state index is 0.430. The van der Waals surface area contributed by atoms with Crippen LogP contribution in [-0.2, 0) is 6.42 Å². The zero-order valence-corrected chi connectivity index (χ0v) is 8.67. The Morgan fingerprint density at radius 2 is 2.00 bits per heavy atom. The molecule has 2 rings (SSSR count). The fourth-order valence-electron chi connectivity index (χ4n) is 1.36. The van der Waals surface area contributed by atoms with Crippen molar-refractivity contribution in [1.82, 2.24) is 9.97 Å². The summed E-state index contributed by atoms with van der Waals surface area (Å²) in [5.74, 6) is 0. The van der Waals surface area contributed by atoms with Crippen molar-refractivity contribution in [2.24, 2.45) is 0 Å². The molecule has 0 aliphatic carbocycles. The highest BCUT2D eigenvalue weighted by atomic mass is 35.5. The molecule has 2 aromatic rings. The molecule has 1 aromatic carbocycles. The maximum atomic E-state index is 5.70. The predicted octanol–water partition coefficient (Wildman–Crippen LogP) is 3.29. The lowest BCUT2D eigenvalue weighted by Gasteiger charge is -1.99. The molecular formula is C11H11ClN2. The van der Waals surface area contributed by atoms with Crippen molar-refractivity contribution in [2.75, 3.05) is 0 Å². The summed E-state index contributed by atoms with van der Waals surface area (Å²) in [5.41, 5.74) is 3.40. The van der Waals surface area contributed by atoms with Crippen LogP contribution in [0, 0.1) is 0 Å². The number of imidazole rings is 1. The van der Waals surface area contributed by atoms with Gasteiger partial charge in [0.25, 0.3) is 0 Å². The molecule has 1 heterocycles. The Labute approximate surface area is 88.0 Å². The Morgan fingerprint density at radius 1 is 1.29 bits per heavy atom. The largest absolute Gasteiger partial charge is 0.329 e. The first-order chi connectivity index (χ1) is 6.79. The lowest BCUT2D eigenvalue weighted by Crippen LogP contribution is -1.81. The number of H-pyrrole nitrogens is 1. The van der Waals surface area contributed by atoms with Crippen molar-refractivity contribution in [3.8, 4) is 11.3 Å². The molecule has 1 aromatic heterocycles. The standard InChI is InChI=1S/C11H11ClN2/c1-2-8-3-5-9(6-4-8)10-7-13-11(12)14-10/h3-7H,2H2,1H3,(H,13,14). The third-order valence-electron chi connectivity index (χ3n) is 2.22. The van der Waals surface area contributed by atoms with Crippen molar-refractivity contribution < 1.29 is 0 Å². The molecule has 0 bridgehead atoms. The van der Waals surface area contributed by atoms with Crippen LogP contribution in [0.2, 0.25) is 5.28 Å². The smallest absolute Gasteiger partial charge is 0.200 e. The molecule has 2 nitrogen and oxygen atoms in total. The lowest BCUT2D eigenvalue weighted by molar-refractivity contribution is 1.14. The van der Waals surface area contributed by atoms with E-state index < -0.39 is 0 Å². The number of aromatic amines is 1. The second-order valence-corrected chi connectivity index (χ2v) is 3.50. The van der Waals surface area contributed by atoms with Crippen molar-refractivity contribution in [3.05, 3.63) is 41.3 Å². The van der Waals surface area contributed by atoms with Gasteiger partial charge in [0.15, 0.2) is 5.28 Å². The molecule has 0 atom stereocenters. The van der Waals surface area contributed by atoms with Gasteiger partial charge < -0.3 is 4.98 Å². The molecule has 0 spiro atoms. The quantitative estimate of drug-likeness (QED) is 0.803. The van der Waals surface area contributed by atoms with Crippen LogP contribution in [-0.4, -0.2) is 9.97 Å². The molecule has 0 aliphatic rings. The Kier molecular flexibility index (Phi) is 2.55. The second-order valence-electron chi connectivity index (χ2n) is 3.14. The van der Waals surface area contributed by atoms with E-state index in [9.17, 15) is 0 Å². The summed E-state index contributed by atoms with van der Waals surface area (Å²) in [6, 6.07) is 8.37. The van der Waals surface area contributed by atoms with E-state index in [1.807, 2.05) is 0 Å². The van der Waals surface area contributed by atoms with Gasteiger partial charge in [0, 0.05) is 0 Å². The maximum absolute atomic E-state index is 5.70. The number of rotatable bonds is 2. The van der Waals surface area contributed by atoms with Gasteiger partial charge >= 0.3 is 0 Å². The van der Waals surface area contributed by atoms with E-state index in [4.69, 9.17) is 11.6 Å². The zero-order chi connectivity index (χ0) is 9.97. The number of halogens is 1. The zero-order valence-electron chi connectivity index (χ0n) is 7.92. The van der Waals surface area contributed by atoms with Crippen LogP contribution >= 0.6 is 11.6 Å². The summed E-state index contributed by atoms with van der Waals surface area (Å²) in [4.78, 5) is 6.93. The molecule has 0 unspecified atom stereocenters. The summed E-state index contributed by atoms with van der Waals surface area (Å²) in [7, 11) is 0. The van der Waals surface area contributed by atoms with Crippen LogP contribution in [0.4, 0.5) is 0 Å². The summed E-state index contributed by atoms with van der Waals surface area (Å²) < 4.78 is 0. The molecule has 72 valence electrons. The first kappa shape index (κ1) is 9.28. The molecule has 0 saturated heterocycles. The van der Waals surface area contributed by atoms with Crippen LogP contribution in [0.25, 0.3) is 11.3 Å². The molecule has 0 aliphatic heterocycles. The average molecular weight is 207 g/mol. The molecule has 3 heteroatoms. The summed E-state index contributed by atoms with van der Waals surface area (Å²) in [6.45, 7) is 2.14. The van der Waals surface area contributed by atoms with Gasteiger partial charge in [-0.25, -0.2) is 4.98 Å². The van der Waals surface area contributed by atoms with Crippen LogP contribution in [0.3, 0.4) is 0 Å². The van der Waals surface area contributed by atoms with Gasteiger partial charge in [-0.2, -0.15) is 0 Å². The molecule has 0 fully saturated rings. The van der Waals surface area contributed by atoms with E-state index in [0.717, 1.165) is 17.7 Å². The number of nitrogens with zero attached hydrogens (tertiary/aromatic N) is 1. The minimum Gasteiger partial charge on any atom is -0.329 e. The minimum atomic E-state index is 0.430. The second kappa shape index (κ2) is 3.84. The maximum Gasteiger partial charge on any atom is 0.200 e. The van der Waals surface area contributed by atoms with E-state index in [2.05, 4.69) is 41.2 Å². The van der Waals surface area contributed by atoms with E-state index in [0.29, 0.717) is 5.28 Å². The fraction of sp³-hybridized carbons (Fsp3) is 0.182. The third-order valence-corrected chi connectivity index (χ3v) is 2.41. The van der Waals surface area contributed by atoms with Gasteiger partial charge in [-0.15, -0.1) is 0 Å². The van der Waals surface area contributed by atoms with E-state index in [-0.39, 0.29) is 0 Å². The monoisotopic (exact) mass is 206 g/mol. The van der Waals surface area contributed by atoms with E-state index in [1.54, 1.807) is 6.20 Å². The molecule has 1 N–H and O–H groups in total. The first-order valence-electron chi connectivity index (χ1n) is 4.59. The lowest BCUT2D eigenvalue weighted by atomic mass is 10.1. The molecule has 0 radical (unpaired) electrons. The van der Waals surface area contributed by atoms with Crippen LogP contribution in [0.5, 0.6) is 0 Å². The highest BCUT2D eigenvalue weighted by Crippen LogP contribution is 2.19. The Morgan fingerprint density at radius 3 is 2.50 bits per heavy atom. The van der Waals surface area contributed by atoms with Crippen LogP contribution in [0.1, 0.15) is 12.5 Å². The summed E-state index contributed by atoms with van der Waals surface area (Å²) in [5, 5.41) is 0.430.